The molecule has 2 aliphatic carbocycles. The maximum Gasteiger partial charge on any atom is 0.227 e. The fraction of sp³-hybridized carbons (Fsp3) is 0.364. The Labute approximate surface area is 163 Å². The minimum absolute atomic E-state index is 0.138. The summed E-state index contributed by atoms with van der Waals surface area (Å²) in [5, 5.41) is 6.16. The van der Waals surface area contributed by atoms with E-state index in [2.05, 4.69) is 41.2 Å². The lowest BCUT2D eigenvalue weighted by Crippen LogP contribution is -2.13. The van der Waals surface area contributed by atoms with Crippen LogP contribution in [-0.4, -0.2) is 15.5 Å². The van der Waals surface area contributed by atoms with Crippen molar-refractivity contribution in [1.29, 1.82) is 0 Å². The molecule has 2 saturated carbocycles. The van der Waals surface area contributed by atoms with Crippen LogP contribution >= 0.6 is 11.3 Å². The van der Waals surface area contributed by atoms with E-state index in [9.17, 15) is 4.79 Å². The Balaban J connectivity index is 1.42. The van der Waals surface area contributed by atoms with Crippen LogP contribution in [0.3, 0.4) is 0 Å². The van der Waals surface area contributed by atoms with Gasteiger partial charge >= 0.3 is 0 Å². The number of hydrogen-bond acceptors (Lipinski definition) is 3. The Kier molecular flexibility index (Phi) is 3.93. The van der Waals surface area contributed by atoms with Crippen LogP contribution in [0.1, 0.15) is 43.1 Å². The summed E-state index contributed by atoms with van der Waals surface area (Å²) in [6.45, 7) is 4.39. The number of thiazole rings is 1. The van der Waals surface area contributed by atoms with Gasteiger partial charge in [0.15, 0.2) is 0 Å². The SMILES string of the molecule is Cc1cc(-c2csc(-c3cccc(NC(=O)C4CC4)c3)n2)c(C)n1C1CC1. The second-order valence-corrected chi connectivity index (χ2v) is 8.63. The number of nitrogens with one attached hydrogen (secondary N) is 1. The van der Waals surface area contributed by atoms with E-state index >= 15 is 0 Å². The van der Waals surface area contributed by atoms with Crippen molar-refractivity contribution in [3.63, 3.8) is 0 Å². The molecule has 0 spiro atoms. The Hall–Kier alpha value is -2.40. The van der Waals surface area contributed by atoms with E-state index in [1.165, 1.54) is 29.8 Å². The number of carbonyl (C=O) groups is 1. The van der Waals surface area contributed by atoms with Crippen LogP contribution in [0.4, 0.5) is 5.69 Å². The average Bonchev–Trinajstić information content (AvgIpc) is 3.58. The molecule has 2 aromatic heterocycles. The second-order valence-electron chi connectivity index (χ2n) is 7.77. The van der Waals surface area contributed by atoms with Crippen LogP contribution < -0.4 is 5.32 Å². The molecule has 2 aliphatic rings. The molecule has 1 aromatic carbocycles. The van der Waals surface area contributed by atoms with Gasteiger partial charge in [-0.3, -0.25) is 4.79 Å². The third-order valence-corrected chi connectivity index (χ3v) is 6.39. The minimum atomic E-state index is 0.138. The number of carbonyl (C=O) groups excluding carboxylic acids is 1. The fourth-order valence-electron chi connectivity index (χ4n) is 3.78. The number of hydrogen-bond donors (Lipinski definition) is 1. The molecule has 3 aromatic rings. The highest BCUT2D eigenvalue weighted by Gasteiger charge is 2.30. The van der Waals surface area contributed by atoms with E-state index < -0.39 is 0 Å². The van der Waals surface area contributed by atoms with Gasteiger partial charge in [0.25, 0.3) is 0 Å². The largest absolute Gasteiger partial charge is 0.345 e. The van der Waals surface area contributed by atoms with Crippen molar-refractivity contribution >= 4 is 22.9 Å². The third-order valence-electron chi connectivity index (χ3n) is 5.50. The highest BCUT2D eigenvalue weighted by atomic mass is 32.1. The zero-order valence-electron chi connectivity index (χ0n) is 15.7. The predicted molar refractivity (Wildman–Crippen MR) is 110 cm³/mol. The molecule has 0 aliphatic heterocycles. The smallest absolute Gasteiger partial charge is 0.227 e. The highest BCUT2D eigenvalue weighted by molar-refractivity contribution is 7.13. The van der Waals surface area contributed by atoms with Crippen molar-refractivity contribution in [2.75, 3.05) is 5.32 Å². The van der Waals surface area contributed by atoms with Crippen LogP contribution in [0.2, 0.25) is 0 Å². The first kappa shape index (κ1) is 16.8. The summed E-state index contributed by atoms with van der Waals surface area (Å²) >= 11 is 1.66. The summed E-state index contributed by atoms with van der Waals surface area (Å²) in [5.41, 5.74) is 6.83. The van der Waals surface area contributed by atoms with Gasteiger partial charge in [-0.15, -0.1) is 11.3 Å². The lowest BCUT2D eigenvalue weighted by molar-refractivity contribution is -0.117. The Morgan fingerprint density at radius 1 is 1.19 bits per heavy atom. The average molecular weight is 378 g/mol. The lowest BCUT2D eigenvalue weighted by atomic mass is 10.2. The number of nitrogens with zero attached hydrogens (tertiary/aromatic N) is 2. The molecule has 27 heavy (non-hydrogen) atoms. The number of aryl methyl sites for hydroxylation is 1. The molecule has 138 valence electrons. The Morgan fingerprint density at radius 2 is 2.00 bits per heavy atom. The molecule has 0 bridgehead atoms. The number of benzene rings is 1. The molecule has 5 rings (SSSR count). The number of aromatic nitrogens is 2. The fourth-order valence-corrected chi connectivity index (χ4v) is 4.60. The predicted octanol–water partition coefficient (Wildman–Crippen LogP) is 5.58. The van der Waals surface area contributed by atoms with E-state index in [4.69, 9.17) is 4.98 Å². The number of anilines is 1. The van der Waals surface area contributed by atoms with Gasteiger partial charge < -0.3 is 9.88 Å². The number of rotatable bonds is 5. The molecule has 2 fully saturated rings. The maximum absolute atomic E-state index is 12.0. The van der Waals surface area contributed by atoms with E-state index in [0.29, 0.717) is 6.04 Å². The van der Waals surface area contributed by atoms with Gasteiger partial charge in [-0.05, 0) is 57.7 Å². The van der Waals surface area contributed by atoms with Gasteiger partial charge in [0.05, 0.1) is 5.69 Å². The van der Waals surface area contributed by atoms with Gasteiger partial charge in [0.2, 0.25) is 5.91 Å². The first-order chi connectivity index (χ1) is 13.1. The Bertz CT molecular complexity index is 1020. The van der Waals surface area contributed by atoms with Crippen LogP contribution in [0.25, 0.3) is 21.8 Å². The molecule has 0 unspecified atom stereocenters. The summed E-state index contributed by atoms with van der Waals surface area (Å²) in [6, 6.07) is 11.0. The first-order valence-corrected chi connectivity index (χ1v) is 10.5. The monoisotopic (exact) mass is 377 g/mol. The first-order valence-electron chi connectivity index (χ1n) is 9.66. The van der Waals surface area contributed by atoms with Crippen molar-refractivity contribution in [3.8, 4) is 21.8 Å². The van der Waals surface area contributed by atoms with Crippen LogP contribution in [0.15, 0.2) is 35.7 Å². The molecule has 0 atom stereocenters. The highest BCUT2D eigenvalue weighted by Crippen LogP contribution is 2.41. The lowest BCUT2D eigenvalue weighted by Gasteiger charge is -2.07. The van der Waals surface area contributed by atoms with Crippen molar-refractivity contribution < 1.29 is 4.79 Å². The molecule has 2 heterocycles. The van der Waals surface area contributed by atoms with Crippen molar-refractivity contribution in [2.24, 2.45) is 5.92 Å². The number of amides is 1. The maximum atomic E-state index is 12.0. The summed E-state index contributed by atoms with van der Waals surface area (Å²) < 4.78 is 2.46. The topological polar surface area (TPSA) is 46.9 Å². The van der Waals surface area contributed by atoms with E-state index in [0.717, 1.165) is 34.8 Å². The zero-order valence-corrected chi connectivity index (χ0v) is 16.5. The van der Waals surface area contributed by atoms with Gasteiger partial charge in [-0.1, -0.05) is 12.1 Å². The van der Waals surface area contributed by atoms with Crippen LogP contribution in [-0.2, 0) is 4.79 Å². The quantitative estimate of drug-likeness (QED) is 0.631. The zero-order chi connectivity index (χ0) is 18.5. The van der Waals surface area contributed by atoms with Gasteiger partial charge in [-0.25, -0.2) is 4.98 Å². The summed E-state index contributed by atoms with van der Waals surface area (Å²) in [6.07, 6.45) is 4.61. The van der Waals surface area contributed by atoms with Gasteiger partial charge in [-0.2, -0.15) is 0 Å². The Morgan fingerprint density at radius 3 is 2.74 bits per heavy atom. The summed E-state index contributed by atoms with van der Waals surface area (Å²) in [4.78, 5) is 16.9. The van der Waals surface area contributed by atoms with Crippen molar-refractivity contribution in [3.05, 3.63) is 47.1 Å². The van der Waals surface area contributed by atoms with Crippen molar-refractivity contribution in [2.45, 2.75) is 45.6 Å². The molecule has 0 saturated heterocycles. The summed E-state index contributed by atoms with van der Waals surface area (Å²) in [5.74, 6) is 0.348. The standard InChI is InChI=1S/C22H23N3OS/c1-13-10-19(14(2)25(13)18-8-9-18)20-12-27-22(24-20)16-4-3-5-17(11-16)23-21(26)15-6-7-15/h3-5,10-12,15,18H,6-9H2,1-2H3,(H,23,26). The van der Waals surface area contributed by atoms with E-state index in [1.807, 2.05) is 18.2 Å². The minimum Gasteiger partial charge on any atom is -0.345 e. The van der Waals surface area contributed by atoms with E-state index in [1.54, 1.807) is 11.3 Å². The van der Waals surface area contributed by atoms with Gasteiger partial charge in [0, 0.05) is 45.5 Å². The molecular weight excluding hydrogens is 354 g/mol. The molecule has 1 N–H and O–H groups in total. The molecular formula is C22H23N3OS. The second kappa shape index (κ2) is 6.34. The van der Waals surface area contributed by atoms with Crippen molar-refractivity contribution in [1.82, 2.24) is 9.55 Å². The van der Waals surface area contributed by atoms with Crippen LogP contribution in [0, 0.1) is 19.8 Å². The molecule has 1 amide bonds. The molecule has 5 heteroatoms. The molecule has 0 radical (unpaired) electrons. The third kappa shape index (κ3) is 3.21. The summed E-state index contributed by atoms with van der Waals surface area (Å²) in [7, 11) is 0. The van der Waals surface area contributed by atoms with Gasteiger partial charge in [0.1, 0.15) is 5.01 Å². The normalized spacial score (nSPS) is 16.5. The van der Waals surface area contributed by atoms with E-state index in [-0.39, 0.29) is 11.8 Å². The molecule has 4 nitrogen and oxygen atoms in total. The van der Waals surface area contributed by atoms with Crippen LogP contribution in [0.5, 0.6) is 0 Å².